The molecule has 0 aliphatic carbocycles. The van der Waals surface area contributed by atoms with Gasteiger partial charge in [0.25, 0.3) is 5.91 Å². The van der Waals surface area contributed by atoms with Crippen molar-refractivity contribution in [3.05, 3.63) is 36.0 Å². The largest absolute Gasteiger partial charge is 0.356 e. The van der Waals surface area contributed by atoms with Gasteiger partial charge in [-0.2, -0.15) is 15.4 Å². The molecule has 1 aliphatic heterocycles. The molecular weight excluding hydrogens is 330 g/mol. The van der Waals surface area contributed by atoms with Crippen LogP contribution >= 0.6 is 0 Å². The minimum Gasteiger partial charge on any atom is -0.356 e. The second kappa shape index (κ2) is 8.12. The third-order valence-corrected chi connectivity index (χ3v) is 4.69. The molecule has 0 spiro atoms. The summed E-state index contributed by atoms with van der Waals surface area (Å²) in [6.07, 6.45) is 1.93. The van der Waals surface area contributed by atoms with Gasteiger partial charge in [0, 0.05) is 31.1 Å². The minimum absolute atomic E-state index is 0.0279. The summed E-state index contributed by atoms with van der Waals surface area (Å²) in [6.45, 7) is 5.68. The molecule has 1 fully saturated rings. The lowest BCUT2D eigenvalue weighted by Crippen LogP contribution is -2.44. The lowest BCUT2D eigenvalue weighted by Gasteiger charge is -2.32. The molecule has 1 unspecified atom stereocenters. The lowest BCUT2D eigenvalue weighted by atomic mass is 9.97. The highest BCUT2D eigenvalue weighted by atomic mass is 16.2. The predicted molar refractivity (Wildman–Crippen MR) is 98.3 cm³/mol. The molecule has 2 amide bonds. The molecule has 7 nitrogen and oxygen atoms in total. The Bertz CT molecular complexity index is 756. The van der Waals surface area contributed by atoms with Gasteiger partial charge in [-0.05, 0) is 18.8 Å². The van der Waals surface area contributed by atoms with Crippen LogP contribution in [0.1, 0.15) is 37.2 Å². The third kappa shape index (κ3) is 4.09. The fourth-order valence-corrected chi connectivity index (χ4v) is 3.19. The van der Waals surface area contributed by atoms with E-state index in [4.69, 9.17) is 0 Å². The van der Waals surface area contributed by atoms with Crippen LogP contribution < -0.4 is 5.32 Å². The zero-order valence-electron chi connectivity index (χ0n) is 15.2. The summed E-state index contributed by atoms with van der Waals surface area (Å²) in [6, 6.07) is 9.56. The molecular formula is C19H25N5O2. The Morgan fingerprint density at radius 1 is 1.27 bits per heavy atom. The first-order valence-corrected chi connectivity index (χ1v) is 9.09. The molecule has 26 heavy (non-hydrogen) atoms. The first-order chi connectivity index (χ1) is 12.6. The topological polar surface area (TPSA) is 91.0 Å². The number of H-pyrrole nitrogens is 1. The highest BCUT2D eigenvalue weighted by Gasteiger charge is 2.28. The van der Waals surface area contributed by atoms with E-state index in [1.807, 2.05) is 49.1 Å². The van der Waals surface area contributed by atoms with E-state index in [1.54, 1.807) is 0 Å². The molecule has 1 saturated heterocycles. The standard InChI is InChI=1S/C19H25N5O2/c1-13(2)18(25)20-11-14-7-6-10-24(12-14)19(26)17-16(21-23-22-17)15-8-4-3-5-9-15/h3-5,8-9,13-14H,6-7,10-12H2,1-2H3,(H,20,25)(H,21,22,23). The van der Waals surface area contributed by atoms with E-state index >= 15 is 0 Å². The number of piperidine rings is 1. The smallest absolute Gasteiger partial charge is 0.276 e. The van der Waals surface area contributed by atoms with Crippen LogP contribution in [0.15, 0.2) is 30.3 Å². The van der Waals surface area contributed by atoms with Gasteiger partial charge in [-0.3, -0.25) is 9.59 Å². The molecule has 1 atom stereocenters. The first kappa shape index (κ1) is 18.1. The SMILES string of the molecule is CC(C)C(=O)NCC1CCCN(C(=O)c2n[nH]nc2-c2ccccc2)C1. The number of hydrogen-bond donors (Lipinski definition) is 2. The zero-order chi connectivity index (χ0) is 18.5. The summed E-state index contributed by atoms with van der Waals surface area (Å²) in [5.41, 5.74) is 1.79. The average Bonchev–Trinajstić information content (AvgIpc) is 3.16. The Kier molecular flexibility index (Phi) is 5.65. The Morgan fingerprint density at radius 2 is 2.04 bits per heavy atom. The summed E-state index contributed by atoms with van der Waals surface area (Å²) in [4.78, 5) is 26.6. The number of benzene rings is 1. The Balaban J connectivity index is 1.67. The average molecular weight is 355 g/mol. The first-order valence-electron chi connectivity index (χ1n) is 9.09. The van der Waals surface area contributed by atoms with Gasteiger partial charge in [-0.1, -0.05) is 44.2 Å². The van der Waals surface area contributed by atoms with E-state index in [9.17, 15) is 9.59 Å². The quantitative estimate of drug-likeness (QED) is 0.859. The normalized spacial score (nSPS) is 17.3. The van der Waals surface area contributed by atoms with Crippen molar-refractivity contribution in [3.8, 4) is 11.3 Å². The summed E-state index contributed by atoms with van der Waals surface area (Å²) in [5.74, 6) is 0.177. The molecule has 7 heteroatoms. The molecule has 1 aromatic carbocycles. The molecule has 2 heterocycles. The van der Waals surface area contributed by atoms with E-state index in [1.165, 1.54) is 0 Å². The molecule has 0 radical (unpaired) electrons. The van der Waals surface area contributed by atoms with Crippen LogP contribution in [0.25, 0.3) is 11.3 Å². The van der Waals surface area contributed by atoms with E-state index in [2.05, 4.69) is 20.7 Å². The van der Waals surface area contributed by atoms with Crippen molar-refractivity contribution >= 4 is 11.8 Å². The van der Waals surface area contributed by atoms with Crippen LogP contribution in [0.4, 0.5) is 0 Å². The van der Waals surface area contributed by atoms with Crippen molar-refractivity contribution in [2.45, 2.75) is 26.7 Å². The van der Waals surface area contributed by atoms with Crippen LogP contribution in [0.5, 0.6) is 0 Å². The van der Waals surface area contributed by atoms with Crippen molar-refractivity contribution in [1.29, 1.82) is 0 Å². The molecule has 2 aromatic rings. The minimum atomic E-state index is -0.113. The van der Waals surface area contributed by atoms with Gasteiger partial charge < -0.3 is 10.2 Å². The van der Waals surface area contributed by atoms with Gasteiger partial charge >= 0.3 is 0 Å². The van der Waals surface area contributed by atoms with Crippen LogP contribution in [-0.2, 0) is 4.79 Å². The predicted octanol–water partition coefficient (Wildman–Crippen LogP) is 2.10. The van der Waals surface area contributed by atoms with E-state index in [-0.39, 0.29) is 23.7 Å². The molecule has 138 valence electrons. The van der Waals surface area contributed by atoms with Crippen LogP contribution in [0, 0.1) is 11.8 Å². The van der Waals surface area contributed by atoms with Crippen LogP contribution in [0.2, 0.25) is 0 Å². The Morgan fingerprint density at radius 3 is 2.77 bits per heavy atom. The molecule has 0 saturated carbocycles. The van der Waals surface area contributed by atoms with Crippen LogP contribution in [-0.4, -0.2) is 51.8 Å². The van der Waals surface area contributed by atoms with Gasteiger partial charge in [0.2, 0.25) is 5.91 Å². The summed E-state index contributed by atoms with van der Waals surface area (Å²) in [7, 11) is 0. The Labute approximate surface area is 153 Å². The second-order valence-corrected chi connectivity index (χ2v) is 7.05. The van der Waals surface area contributed by atoms with Gasteiger partial charge in [0.1, 0.15) is 5.69 Å². The van der Waals surface area contributed by atoms with Crippen molar-refractivity contribution < 1.29 is 9.59 Å². The molecule has 1 aromatic heterocycles. The molecule has 0 bridgehead atoms. The van der Waals surface area contributed by atoms with Gasteiger partial charge in [-0.25, -0.2) is 0 Å². The maximum atomic E-state index is 13.0. The summed E-state index contributed by atoms with van der Waals surface area (Å²) < 4.78 is 0. The van der Waals surface area contributed by atoms with Gasteiger partial charge in [0.05, 0.1) is 0 Å². The molecule has 3 rings (SSSR count). The molecule has 1 aliphatic rings. The van der Waals surface area contributed by atoms with E-state index < -0.39 is 0 Å². The van der Waals surface area contributed by atoms with Gasteiger partial charge in [0.15, 0.2) is 5.69 Å². The highest BCUT2D eigenvalue weighted by Crippen LogP contribution is 2.23. The number of amides is 2. The van der Waals surface area contributed by atoms with Gasteiger partial charge in [-0.15, -0.1) is 0 Å². The monoisotopic (exact) mass is 355 g/mol. The summed E-state index contributed by atoms with van der Waals surface area (Å²) >= 11 is 0. The lowest BCUT2D eigenvalue weighted by molar-refractivity contribution is -0.124. The number of carbonyl (C=O) groups excluding carboxylic acids is 2. The third-order valence-electron chi connectivity index (χ3n) is 4.69. The highest BCUT2D eigenvalue weighted by molar-refractivity contribution is 5.97. The number of carbonyl (C=O) groups is 2. The number of nitrogens with zero attached hydrogens (tertiary/aromatic N) is 3. The number of hydrogen-bond acceptors (Lipinski definition) is 4. The summed E-state index contributed by atoms with van der Waals surface area (Å²) in [5, 5.41) is 13.8. The fraction of sp³-hybridized carbons (Fsp3) is 0.474. The number of rotatable bonds is 5. The number of likely N-dealkylation sites (tertiary alicyclic amines) is 1. The van der Waals surface area contributed by atoms with Crippen molar-refractivity contribution in [2.75, 3.05) is 19.6 Å². The van der Waals surface area contributed by atoms with Crippen LogP contribution in [0.3, 0.4) is 0 Å². The maximum Gasteiger partial charge on any atom is 0.276 e. The number of nitrogens with one attached hydrogen (secondary N) is 2. The second-order valence-electron chi connectivity index (χ2n) is 7.05. The molecule has 2 N–H and O–H groups in total. The number of aromatic nitrogens is 3. The fourth-order valence-electron chi connectivity index (χ4n) is 3.19. The van der Waals surface area contributed by atoms with Crippen molar-refractivity contribution in [3.63, 3.8) is 0 Å². The van der Waals surface area contributed by atoms with Crippen molar-refractivity contribution in [1.82, 2.24) is 25.6 Å². The number of aromatic amines is 1. The maximum absolute atomic E-state index is 13.0. The van der Waals surface area contributed by atoms with E-state index in [0.717, 1.165) is 18.4 Å². The van der Waals surface area contributed by atoms with Crippen molar-refractivity contribution in [2.24, 2.45) is 11.8 Å². The zero-order valence-corrected chi connectivity index (χ0v) is 15.2. The van der Waals surface area contributed by atoms with E-state index in [0.29, 0.717) is 31.0 Å². The Hall–Kier alpha value is -2.70.